The van der Waals surface area contributed by atoms with Gasteiger partial charge in [-0.15, -0.1) is 6.58 Å². The van der Waals surface area contributed by atoms with Crippen LogP contribution in [0.1, 0.15) is 46.5 Å². The molecule has 3 fully saturated rings. The predicted octanol–water partition coefficient (Wildman–Crippen LogP) is 4.73. The van der Waals surface area contributed by atoms with E-state index in [1.54, 1.807) is 52.1 Å². The van der Waals surface area contributed by atoms with Crippen LogP contribution in [-0.2, 0) is 24.4 Å². The third kappa shape index (κ3) is 8.00. The van der Waals surface area contributed by atoms with Gasteiger partial charge in [-0.25, -0.2) is 22.9 Å². The number of rotatable bonds is 12. The van der Waals surface area contributed by atoms with Crippen LogP contribution in [0.3, 0.4) is 0 Å². The van der Waals surface area contributed by atoms with E-state index in [0.717, 1.165) is 5.56 Å². The van der Waals surface area contributed by atoms with E-state index in [2.05, 4.69) is 21.9 Å². The molecule has 60 heavy (non-hydrogen) atoms. The average molecular weight is 839 g/mol. The van der Waals surface area contributed by atoms with Crippen LogP contribution in [-0.4, -0.2) is 108 Å². The summed E-state index contributed by atoms with van der Waals surface area (Å²) in [6, 6.07) is 22.9. The summed E-state index contributed by atoms with van der Waals surface area (Å²) in [4.78, 5) is 64.3. The minimum Gasteiger partial charge on any atom is -0.497 e. The van der Waals surface area contributed by atoms with Crippen LogP contribution in [0.2, 0.25) is 0 Å². The second-order valence-electron chi connectivity index (χ2n) is 16.5. The number of piperidine rings is 1. The first-order chi connectivity index (χ1) is 28.5. The molecule has 0 radical (unpaired) electrons. The Kier molecular flexibility index (Phi) is 11.4. The van der Waals surface area contributed by atoms with Gasteiger partial charge in [0.15, 0.2) is 0 Å². The molecule has 316 valence electrons. The van der Waals surface area contributed by atoms with Gasteiger partial charge in [0.1, 0.15) is 34.7 Å². The van der Waals surface area contributed by atoms with Crippen molar-refractivity contribution in [3.8, 4) is 22.8 Å². The fraction of sp³-hybridized carbons (Fsp3) is 0.386. The van der Waals surface area contributed by atoms with Gasteiger partial charge < -0.3 is 30.1 Å². The van der Waals surface area contributed by atoms with Crippen molar-refractivity contribution in [2.45, 2.75) is 80.1 Å². The highest BCUT2D eigenvalue weighted by atomic mass is 32.2. The maximum absolute atomic E-state index is 15.3. The monoisotopic (exact) mass is 838 g/mol. The van der Waals surface area contributed by atoms with Crippen LogP contribution in [0.4, 0.5) is 4.79 Å². The summed E-state index contributed by atoms with van der Waals surface area (Å²) in [6.45, 7) is 9.58. The van der Waals surface area contributed by atoms with Gasteiger partial charge in [0.2, 0.25) is 11.8 Å². The Balaban J connectivity index is 1.27. The van der Waals surface area contributed by atoms with Gasteiger partial charge in [0.05, 0.1) is 29.8 Å². The topological polar surface area (TPSA) is 197 Å². The highest BCUT2D eigenvalue weighted by Crippen LogP contribution is 2.46. The molecule has 0 bridgehead atoms. The van der Waals surface area contributed by atoms with Crippen LogP contribution in [0, 0.1) is 5.92 Å². The second kappa shape index (κ2) is 16.2. The lowest BCUT2D eigenvalue weighted by Crippen LogP contribution is -2.70. The molecule has 4 amide bonds. The number of sulfonamides is 1. The molecule has 3 aromatic carbocycles. The van der Waals surface area contributed by atoms with Crippen molar-refractivity contribution in [2.24, 2.45) is 5.92 Å². The smallest absolute Gasteiger partial charge is 0.408 e. The molecule has 2 unspecified atom stereocenters. The summed E-state index contributed by atoms with van der Waals surface area (Å²) < 4.78 is 40.9. The zero-order valence-corrected chi connectivity index (χ0v) is 34.8. The summed E-state index contributed by atoms with van der Waals surface area (Å²) in [5, 5.41) is 17.4. The Hall–Kier alpha value is -6.00. The fourth-order valence-electron chi connectivity index (χ4n) is 8.65. The largest absolute Gasteiger partial charge is 0.497 e. The molecule has 3 heterocycles. The quantitative estimate of drug-likeness (QED) is 0.144. The van der Waals surface area contributed by atoms with Crippen molar-refractivity contribution in [2.75, 3.05) is 26.7 Å². The Morgan fingerprint density at radius 3 is 2.27 bits per heavy atom. The van der Waals surface area contributed by atoms with E-state index < -0.39 is 68.5 Å². The van der Waals surface area contributed by atoms with Crippen LogP contribution in [0.5, 0.6) is 11.5 Å². The van der Waals surface area contributed by atoms with E-state index in [-0.39, 0.29) is 37.1 Å². The molecule has 1 saturated carbocycles. The summed E-state index contributed by atoms with van der Waals surface area (Å²) in [5.41, 5.74) is -2.20. The van der Waals surface area contributed by atoms with Crippen LogP contribution in [0.15, 0.2) is 102 Å². The maximum Gasteiger partial charge on any atom is 0.408 e. The SMILES string of the molecule is C=CC1CC1(NC(=O)[C@@H]1C[C@@H](Oc2cc(-c3ccccc3)nc3cc(OC)ccc23)CN1C(=O)C1(N(C(=O)O)C(C)(C)C)CCNCC1)C(=O)NS(=O)(=O)c1ccccc1. The number of hydrogen-bond acceptors (Lipinski definition) is 10. The van der Waals surface area contributed by atoms with Crippen molar-refractivity contribution < 1.29 is 42.2 Å². The number of carboxylic acid groups (broad SMARTS) is 1. The van der Waals surface area contributed by atoms with Crippen molar-refractivity contribution >= 4 is 44.7 Å². The molecular formula is C44H50N6O9S. The lowest BCUT2D eigenvalue weighted by atomic mass is 9.81. The average Bonchev–Trinajstić information content (AvgIpc) is 3.79. The van der Waals surface area contributed by atoms with Gasteiger partial charge in [-0.2, -0.15) is 0 Å². The van der Waals surface area contributed by atoms with Gasteiger partial charge in [-0.1, -0.05) is 54.6 Å². The van der Waals surface area contributed by atoms with E-state index in [0.29, 0.717) is 41.2 Å². The number of amides is 4. The molecular weight excluding hydrogens is 789 g/mol. The van der Waals surface area contributed by atoms with E-state index in [1.165, 1.54) is 40.1 Å². The minimum atomic E-state index is -4.31. The lowest BCUT2D eigenvalue weighted by Gasteiger charge is -2.51. The summed E-state index contributed by atoms with van der Waals surface area (Å²) in [6.07, 6.45) is -0.264. The van der Waals surface area contributed by atoms with Crippen molar-refractivity contribution in [1.29, 1.82) is 0 Å². The molecule has 2 aliphatic heterocycles. The third-order valence-corrected chi connectivity index (χ3v) is 13.0. The molecule has 1 aromatic heterocycles. The van der Waals surface area contributed by atoms with Crippen molar-refractivity contribution in [3.63, 3.8) is 0 Å². The van der Waals surface area contributed by atoms with Gasteiger partial charge >= 0.3 is 6.09 Å². The normalized spacial score (nSPS) is 22.3. The summed E-state index contributed by atoms with van der Waals surface area (Å²) in [5.74, 6) is -1.82. The number of likely N-dealkylation sites (tertiary alicyclic amines) is 1. The standard InChI is InChI=1S/C44H50N6O9S/c1-6-29-26-44(29,39(52)48-60(56,57)32-15-11-8-12-16-32)47-38(51)36-24-31(27-49(36)40(53)43(19-21-45-22-20-43)50(41(54)55)42(2,3)4)59-37-25-34(28-13-9-7-10-14-28)46-35-23-30(58-5)17-18-33(35)37/h6-18,23,25,29,31,36,45H,1,19-22,24,26-27H2,2-5H3,(H,47,51)(H,48,52)(H,54,55)/t29?,31-,36+,44?/m1/s1. The highest BCUT2D eigenvalue weighted by molar-refractivity contribution is 7.90. The number of aromatic nitrogens is 1. The number of pyridine rings is 1. The summed E-state index contributed by atoms with van der Waals surface area (Å²) >= 11 is 0. The molecule has 3 aliphatic rings. The zero-order valence-electron chi connectivity index (χ0n) is 34.0. The first-order valence-electron chi connectivity index (χ1n) is 19.9. The lowest BCUT2D eigenvalue weighted by molar-refractivity contribution is -0.153. The Morgan fingerprint density at radius 1 is 1.00 bits per heavy atom. The number of methoxy groups -OCH3 is 1. The molecule has 0 spiro atoms. The van der Waals surface area contributed by atoms with Gasteiger partial charge in [-0.05, 0) is 77.4 Å². The third-order valence-electron chi connectivity index (χ3n) is 11.6. The minimum absolute atomic E-state index is 0.0338. The number of ether oxygens (including phenoxy) is 2. The van der Waals surface area contributed by atoms with Crippen molar-refractivity contribution in [3.05, 3.63) is 97.6 Å². The van der Waals surface area contributed by atoms with Crippen LogP contribution in [0.25, 0.3) is 22.2 Å². The maximum atomic E-state index is 15.3. The van der Waals surface area contributed by atoms with E-state index in [1.807, 2.05) is 36.4 Å². The molecule has 4 atom stereocenters. The Labute approximate surface area is 349 Å². The van der Waals surface area contributed by atoms with Crippen LogP contribution < -0.4 is 24.8 Å². The van der Waals surface area contributed by atoms with Crippen molar-refractivity contribution in [1.82, 2.24) is 30.1 Å². The molecule has 4 aromatic rings. The summed E-state index contributed by atoms with van der Waals surface area (Å²) in [7, 11) is -2.75. The molecule has 7 rings (SSSR count). The van der Waals surface area contributed by atoms with Crippen LogP contribution >= 0.6 is 0 Å². The predicted molar refractivity (Wildman–Crippen MR) is 224 cm³/mol. The number of nitrogens with zero attached hydrogens (tertiary/aromatic N) is 3. The molecule has 1 aliphatic carbocycles. The van der Waals surface area contributed by atoms with E-state index in [9.17, 15) is 27.9 Å². The first-order valence-corrected chi connectivity index (χ1v) is 21.3. The Bertz CT molecular complexity index is 2420. The number of benzene rings is 3. The molecule has 15 nitrogen and oxygen atoms in total. The number of carbonyl (C=O) groups is 4. The Morgan fingerprint density at radius 2 is 1.67 bits per heavy atom. The van der Waals surface area contributed by atoms with Gasteiger partial charge in [0, 0.05) is 41.0 Å². The number of hydrogen-bond donors (Lipinski definition) is 4. The molecule has 16 heteroatoms. The number of carbonyl (C=O) groups excluding carboxylic acids is 3. The number of fused-ring (bicyclic) bond motifs is 1. The number of nitrogens with one attached hydrogen (secondary N) is 3. The highest BCUT2D eigenvalue weighted by Gasteiger charge is 2.62. The molecule has 4 N–H and O–H groups in total. The first kappa shape index (κ1) is 42.1. The second-order valence-corrected chi connectivity index (χ2v) is 18.2. The fourth-order valence-corrected chi connectivity index (χ4v) is 9.71. The molecule has 2 saturated heterocycles. The van der Waals surface area contributed by atoms with E-state index >= 15 is 4.79 Å². The van der Waals surface area contributed by atoms with Gasteiger partial charge in [-0.3, -0.25) is 19.3 Å². The van der Waals surface area contributed by atoms with Gasteiger partial charge in [0.25, 0.3) is 15.9 Å². The zero-order chi connectivity index (χ0) is 43.0. The van der Waals surface area contributed by atoms with E-state index in [4.69, 9.17) is 14.5 Å².